The van der Waals surface area contributed by atoms with Gasteiger partial charge in [-0.05, 0) is 12.1 Å². The van der Waals surface area contributed by atoms with Crippen LogP contribution in [0.15, 0.2) is 39.5 Å². The number of benzene rings is 4. The summed E-state index contributed by atoms with van der Waals surface area (Å²) in [4.78, 5) is 26.1. The van der Waals surface area contributed by atoms with Gasteiger partial charge in [-0.2, -0.15) is 0 Å². The van der Waals surface area contributed by atoms with Gasteiger partial charge < -0.3 is 50.0 Å². The first-order valence-electron chi connectivity index (χ1n) is 11.9. The maximum absolute atomic E-state index is 13.4. The Bertz CT molecular complexity index is 1990. The van der Waals surface area contributed by atoms with E-state index in [2.05, 4.69) is 0 Å². The van der Waals surface area contributed by atoms with E-state index in [0.29, 0.717) is 0 Å². The number of ketones is 1. The zero-order chi connectivity index (χ0) is 28.6. The molecule has 0 unspecified atom stereocenters. The third-order valence-corrected chi connectivity index (χ3v) is 7.01. The van der Waals surface area contributed by atoms with Crippen molar-refractivity contribution in [1.82, 2.24) is 0 Å². The third kappa shape index (κ3) is 3.40. The minimum absolute atomic E-state index is 0.0810. The number of fused-ring (bicyclic) bond motifs is 4. The molecule has 2 heterocycles. The average molecular weight is 548 g/mol. The molecule has 0 spiro atoms. The van der Waals surface area contributed by atoms with Crippen molar-refractivity contribution in [2.75, 3.05) is 6.61 Å². The highest BCUT2D eigenvalue weighted by Gasteiger charge is 2.33. The van der Waals surface area contributed by atoms with Gasteiger partial charge in [0, 0.05) is 40.1 Å². The first kappa shape index (κ1) is 25.1. The Balaban J connectivity index is 1.80. The minimum Gasteiger partial charge on any atom is -0.507 e. The van der Waals surface area contributed by atoms with E-state index in [4.69, 9.17) is 9.15 Å². The molecule has 0 aliphatic carbocycles. The lowest BCUT2D eigenvalue weighted by Gasteiger charge is -2.26. The Morgan fingerprint density at radius 1 is 0.700 bits per heavy atom. The Morgan fingerprint density at radius 2 is 1.35 bits per heavy atom. The Hall–Kier alpha value is -5.20. The molecule has 1 aliphatic rings. The van der Waals surface area contributed by atoms with Gasteiger partial charge in [-0.3, -0.25) is 9.59 Å². The molecule has 1 aromatic heterocycles. The summed E-state index contributed by atoms with van der Waals surface area (Å²) in [6.07, 6.45) is -1.16. The van der Waals surface area contributed by atoms with Crippen LogP contribution in [0.3, 0.4) is 0 Å². The lowest BCUT2D eigenvalue weighted by atomic mass is 9.88. The summed E-state index contributed by atoms with van der Waals surface area (Å²) in [5.74, 6) is -4.55. The molecule has 8 N–H and O–H groups in total. The van der Waals surface area contributed by atoms with Gasteiger partial charge in [-0.15, -0.1) is 0 Å². The maximum atomic E-state index is 13.4. The van der Waals surface area contributed by atoms with Crippen LogP contribution in [0.1, 0.15) is 22.5 Å². The number of hydrogen-bond donors (Lipinski definition) is 8. The molecule has 0 saturated heterocycles. The van der Waals surface area contributed by atoms with E-state index in [1.807, 2.05) is 0 Å². The molecule has 0 saturated carbocycles. The molecule has 4 aromatic carbocycles. The topological polar surface area (TPSA) is 218 Å². The van der Waals surface area contributed by atoms with Crippen molar-refractivity contribution in [1.29, 1.82) is 0 Å². The fourth-order valence-electron chi connectivity index (χ4n) is 5.33. The van der Waals surface area contributed by atoms with Crippen molar-refractivity contribution in [3.05, 3.63) is 51.9 Å². The lowest BCUT2D eigenvalue weighted by Crippen LogP contribution is -2.30. The van der Waals surface area contributed by atoms with Gasteiger partial charge in [-0.1, -0.05) is 0 Å². The van der Waals surface area contributed by atoms with Crippen molar-refractivity contribution >= 4 is 38.3 Å². The van der Waals surface area contributed by atoms with E-state index in [0.717, 1.165) is 18.2 Å². The number of carbonyl (C=O) groups excluding carboxylic acids is 1. The second-order valence-electron chi connectivity index (χ2n) is 9.41. The molecule has 204 valence electrons. The smallest absolute Gasteiger partial charge is 0.190 e. The molecule has 0 bridgehead atoms. The summed E-state index contributed by atoms with van der Waals surface area (Å²) >= 11 is 0. The summed E-state index contributed by atoms with van der Waals surface area (Å²) in [6.45, 7) is -1.11. The molecule has 12 heteroatoms. The van der Waals surface area contributed by atoms with E-state index >= 15 is 0 Å². The number of phenolic OH excluding ortho intramolecular Hbond substituents is 5. The zero-order valence-electron chi connectivity index (χ0n) is 20.3. The van der Waals surface area contributed by atoms with Gasteiger partial charge in [0.05, 0.1) is 23.8 Å². The Labute approximate surface area is 222 Å². The summed E-state index contributed by atoms with van der Waals surface area (Å²) < 4.78 is 11.2. The van der Waals surface area contributed by atoms with Crippen LogP contribution in [-0.2, 0) is 6.61 Å². The molecule has 0 radical (unpaired) electrons. The molecule has 0 amide bonds. The second kappa shape index (κ2) is 8.66. The quantitative estimate of drug-likeness (QED) is 0.153. The van der Waals surface area contributed by atoms with Crippen molar-refractivity contribution in [2.24, 2.45) is 0 Å². The first-order chi connectivity index (χ1) is 19.0. The predicted molar refractivity (Wildman–Crippen MR) is 139 cm³/mol. The molecule has 0 fully saturated rings. The van der Waals surface area contributed by atoms with Gasteiger partial charge in [-0.25, -0.2) is 0 Å². The van der Waals surface area contributed by atoms with Gasteiger partial charge in [0.25, 0.3) is 0 Å². The average Bonchev–Trinajstić information content (AvgIpc) is 2.88. The van der Waals surface area contributed by atoms with Crippen LogP contribution in [0.2, 0.25) is 0 Å². The third-order valence-electron chi connectivity index (χ3n) is 7.01. The normalized spacial score (nSPS) is 15.1. The van der Waals surface area contributed by atoms with E-state index < -0.39 is 65.0 Å². The second-order valence-corrected chi connectivity index (χ2v) is 9.41. The van der Waals surface area contributed by atoms with Crippen molar-refractivity contribution < 1.29 is 54.8 Å². The van der Waals surface area contributed by atoms with E-state index in [-0.39, 0.29) is 67.1 Å². The summed E-state index contributed by atoms with van der Waals surface area (Å²) in [7, 11) is 0. The van der Waals surface area contributed by atoms with Crippen molar-refractivity contribution in [3.63, 3.8) is 0 Å². The molecule has 1 atom stereocenters. The predicted octanol–water partition coefficient (Wildman–Crippen LogP) is 2.82. The largest absolute Gasteiger partial charge is 0.507 e. The van der Waals surface area contributed by atoms with Crippen LogP contribution in [0.5, 0.6) is 40.2 Å². The van der Waals surface area contributed by atoms with Crippen LogP contribution < -0.4 is 10.2 Å². The molecular weight excluding hydrogens is 528 g/mol. The monoisotopic (exact) mass is 548 g/mol. The molecule has 1 aliphatic heterocycles. The van der Waals surface area contributed by atoms with Crippen LogP contribution in [0.25, 0.3) is 43.6 Å². The molecule has 40 heavy (non-hydrogen) atoms. The zero-order valence-corrected chi connectivity index (χ0v) is 20.3. The summed E-state index contributed by atoms with van der Waals surface area (Å²) in [6, 6.07) is 5.13. The number of ether oxygens (including phenoxy) is 1. The van der Waals surface area contributed by atoms with Crippen LogP contribution in [0.4, 0.5) is 0 Å². The number of aliphatic hydroxyl groups excluding tert-OH is 2. The fraction of sp³-hybridized carbons (Fsp3) is 0.143. The standard InChI is InChI=1S/C28H20O12/c29-7-9-1-13(31)25-19(39-9)3-11-21(15(33)5-17(35)23(11)27(25)37)22-12-4-20-26(14(32)2-10(8-30)40-20)28(38)24(12)18(36)6-16(22)34/h1,3-6,10,29-31,34-38H,2,7-8H2/t10-/m0/s1. The number of aliphatic hydroxyl groups is 2. The summed E-state index contributed by atoms with van der Waals surface area (Å²) in [5.41, 5.74) is -1.85. The number of hydrogen-bond acceptors (Lipinski definition) is 12. The van der Waals surface area contributed by atoms with Gasteiger partial charge in [0.1, 0.15) is 75.3 Å². The lowest BCUT2D eigenvalue weighted by molar-refractivity contribution is 0.0701. The number of aromatic hydroxyl groups is 6. The first-order valence-corrected chi connectivity index (χ1v) is 11.9. The maximum Gasteiger partial charge on any atom is 0.190 e. The van der Waals surface area contributed by atoms with Gasteiger partial charge >= 0.3 is 0 Å². The number of rotatable bonds is 3. The van der Waals surface area contributed by atoms with Crippen LogP contribution in [-0.4, -0.2) is 59.3 Å². The van der Waals surface area contributed by atoms with E-state index in [9.17, 15) is 50.4 Å². The van der Waals surface area contributed by atoms with Crippen molar-refractivity contribution in [2.45, 2.75) is 19.1 Å². The van der Waals surface area contributed by atoms with E-state index in [1.54, 1.807) is 0 Å². The van der Waals surface area contributed by atoms with E-state index in [1.165, 1.54) is 12.1 Å². The highest BCUT2D eigenvalue weighted by Crippen LogP contribution is 2.52. The highest BCUT2D eigenvalue weighted by molar-refractivity contribution is 6.18. The Morgan fingerprint density at radius 3 is 2.05 bits per heavy atom. The van der Waals surface area contributed by atoms with Crippen LogP contribution in [0, 0.1) is 0 Å². The minimum atomic E-state index is -0.922. The SMILES string of the molecule is O=C1C[C@@H](CO)Oc2cc3c(-c4c(=O)cc(O)c5c(O)c6c(O)cc(CO)oc6cc45)c(O)cc(O)c3c(O)c21. The van der Waals surface area contributed by atoms with Gasteiger partial charge in [0.2, 0.25) is 0 Å². The fourth-order valence-corrected chi connectivity index (χ4v) is 5.33. The number of Topliss-reactive ketones (excluding diaryl/α,β-unsaturated/α-hetero) is 1. The molecule has 6 rings (SSSR count). The Kier molecular flexibility index (Phi) is 5.43. The molecule has 12 nitrogen and oxygen atoms in total. The van der Waals surface area contributed by atoms with Crippen LogP contribution >= 0.6 is 0 Å². The summed E-state index contributed by atoms with van der Waals surface area (Å²) in [5, 5.41) is 82.8. The number of phenols is 5. The molecule has 5 aromatic rings. The highest BCUT2D eigenvalue weighted by atomic mass is 16.5. The van der Waals surface area contributed by atoms with Crippen molar-refractivity contribution in [3.8, 4) is 51.4 Å². The van der Waals surface area contributed by atoms with Gasteiger partial charge in [0.15, 0.2) is 11.2 Å². The number of carbonyl (C=O) groups is 1. The molecular formula is C28H20O12.